The zero-order valence-electron chi connectivity index (χ0n) is 12.1. The van der Waals surface area contributed by atoms with Gasteiger partial charge in [0.2, 0.25) is 0 Å². The summed E-state index contributed by atoms with van der Waals surface area (Å²) in [5.41, 5.74) is 0. The van der Waals surface area contributed by atoms with Crippen LogP contribution in [0.3, 0.4) is 0 Å². The number of rotatable bonds is 4. The third-order valence-corrected chi connectivity index (χ3v) is 4.92. The Morgan fingerprint density at radius 3 is 2.68 bits per heavy atom. The van der Waals surface area contributed by atoms with E-state index in [1.807, 2.05) is 22.4 Å². The van der Waals surface area contributed by atoms with Crippen LogP contribution in [0.5, 0.6) is 0 Å². The lowest BCUT2D eigenvalue weighted by molar-refractivity contribution is 0.0671. The van der Waals surface area contributed by atoms with Gasteiger partial charge >= 0.3 is 0 Å². The first kappa shape index (κ1) is 14.5. The van der Waals surface area contributed by atoms with Gasteiger partial charge in [0.25, 0.3) is 5.91 Å². The maximum atomic E-state index is 12.2. The summed E-state index contributed by atoms with van der Waals surface area (Å²) in [5, 5.41) is 1.97. The molecule has 1 fully saturated rings. The summed E-state index contributed by atoms with van der Waals surface area (Å²) in [6, 6.07) is 4.47. The highest BCUT2D eigenvalue weighted by Gasteiger charge is 2.25. The summed E-state index contributed by atoms with van der Waals surface area (Å²) in [4.78, 5) is 17.5. The van der Waals surface area contributed by atoms with Crippen LogP contribution in [-0.4, -0.2) is 48.4 Å². The van der Waals surface area contributed by atoms with Gasteiger partial charge in [-0.3, -0.25) is 4.79 Å². The molecule has 0 saturated carbocycles. The molecule has 19 heavy (non-hydrogen) atoms. The van der Waals surface area contributed by atoms with Crippen molar-refractivity contribution >= 4 is 17.2 Å². The topological polar surface area (TPSA) is 23.6 Å². The molecule has 0 atom stereocenters. The summed E-state index contributed by atoms with van der Waals surface area (Å²) in [6.45, 7) is 7.43. The van der Waals surface area contributed by atoms with Crippen LogP contribution in [0.25, 0.3) is 0 Å². The second kappa shape index (κ2) is 6.53. The largest absolute Gasteiger partial charge is 0.338 e. The molecule has 0 aliphatic carbocycles. The first-order valence-electron chi connectivity index (χ1n) is 7.11. The normalized spacial score (nSPS) is 17.4. The predicted octanol–water partition coefficient (Wildman–Crippen LogP) is 2.94. The van der Waals surface area contributed by atoms with E-state index in [1.165, 1.54) is 0 Å². The quantitative estimate of drug-likeness (QED) is 0.846. The number of thiophene rings is 1. The fraction of sp³-hybridized carbons (Fsp3) is 0.667. The molecule has 0 aromatic carbocycles. The summed E-state index contributed by atoms with van der Waals surface area (Å²) in [7, 11) is 2.19. The Morgan fingerprint density at radius 2 is 2.16 bits per heavy atom. The lowest BCUT2D eigenvalue weighted by atomic mass is 9.96. The van der Waals surface area contributed by atoms with Crippen LogP contribution in [0.2, 0.25) is 0 Å². The van der Waals surface area contributed by atoms with E-state index in [-0.39, 0.29) is 5.91 Å². The van der Waals surface area contributed by atoms with Crippen molar-refractivity contribution in [3.05, 3.63) is 22.4 Å². The van der Waals surface area contributed by atoms with Crippen LogP contribution in [0, 0.1) is 5.92 Å². The van der Waals surface area contributed by atoms with Crippen LogP contribution >= 0.6 is 11.3 Å². The van der Waals surface area contributed by atoms with Crippen molar-refractivity contribution < 1.29 is 4.79 Å². The molecule has 0 radical (unpaired) electrons. The smallest absolute Gasteiger partial charge is 0.263 e. The van der Waals surface area contributed by atoms with E-state index < -0.39 is 0 Å². The molecule has 0 bridgehead atoms. The second-order valence-corrected chi connectivity index (χ2v) is 6.69. The van der Waals surface area contributed by atoms with E-state index in [0.29, 0.717) is 6.04 Å². The lowest BCUT2D eigenvalue weighted by Crippen LogP contribution is -2.41. The van der Waals surface area contributed by atoms with E-state index >= 15 is 0 Å². The van der Waals surface area contributed by atoms with Gasteiger partial charge in [0.15, 0.2) is 0 Å². The minimum atomic E-state index is 0.214. The molecule has 1 amide bonds. The number of carbonyl (C=O) groups excluding carboxylic acids is 1. The third kappa shape index (κ3) is 3.80. The Bertz CT molecular complexity index is 394. The Hall–Kier alpha value is -0.870. The average Bonchev–Trinajstić information content (AvgIpc) is 2.92. The SMILES string of the molecule is CC(C)N(C)CC1CCN(C(=O)c2cccs2)CC1. The first-order chi connectivity index (χ1) is 9.08. The lowest BCUT2D eigenvalue weighted by Gasteiger charge is -2.34. The zero-order chi connectivity index (χ0) is 13.8. The number of amides is 1. The summed E-state index contributed by atoms with van der Waals surface area (Å²) in [5.74, 6) is 0.949. The van der Waals surface area contributed by atoms with Gasteiger partial charge in [-0.1, -0.05) is 6.07 Å². The molecular weight excluding hydrogens is 256 g/mol. The number of hydrogen-bond acceptors (Lipinski definition) is 3. The van der Waals surface area contributed by atoms with Crippen LogP contribution in [-0.2, 0) is 0 Å². The van der Waals surface area contributed by atoms with Gasteiger partial charge in [-0.15, -0.1) is 11.3 Å². The molecule has 0 N–H and O–H groups in total. The van der Waals surface area contributed by atoms with Gasteiger partial charge < -0.3 is 9.80 Å². The Kier molecular flexibility index (Phi) is 4.99. The molecule has 3 nitrogen and oxygen atoms in total. The first-order valence-corrected chi connectivity index (χ1v) is 7.99. The molecule has 2 heterocycles. The number of hydrogen-bond donors (Lipinski definition) is 0. The second-order valence-electron chi connectivity index (χ2n) is 5.75. The molecule has 1 saturated heterocycles. The Balaban J connectivity index is 1.81. The maximum Gasteiger partial charge on any atom is 0.263 e. The molecule has 1 aliphatic heterocycles. The third-order valence-electron chi connectivity index (χ3n) is 4.06. The molecule has 0 spiro atoms. The van der Waals surface area contributed by atoms with E-state index in [0.717, 1.165) is 43.3 Å². The molecule has 106 valence electrons. The van der Waals surface area contributed by atoms with Crippen molar-refractivity contribution in [3.8, 4) is 0 Å². The monoisotopic (exact) mass is 280 g/mol. The van der Waals surface area contributed by atoms with E-state index in [4.69, 9.17) is 0 Å². The van der Waals surface area contributed by atoms with Gasteiger partial charge in [0.05, 0.1) is 4.88 Å². The fourth-order valence-electron chi connectivity index (χ4n) is 2.49. The van der Waals surface area contributed by atoms with Crippen LogP contribution in [0.15, 0.2) is 17.5 Å². The Morgan fingerprint density at radius 1 is 1.47 bits per heavy atom. The highest BCUT2D eigenvalue weighted by atomic mass is 32.1. The highest BCUT2D eigenvalue weighted by molar-refractivity contribution is 7.12. The van der Waals surface area contributed by atoms with Crippen LogP contribution < -0.4 is 0 Å². The molecule has 1 aliphatic rings. The standard InChI is InChI=1S/C15H24N2OS/c1-12(2)16(3)11-13-6-8-17(9-7-13)15(18)14-5-4-10-19-14/h4-5,10,12-13H,6-9,11H2,1-3H3. The number of nitrogens with zero attached hydrogens (tertiary/aromatic N) is 2. The summed E-state index contributed by atoms with van der Waals surface area (Å²) < 4.78 is 0. The summed E-state index contributed by atoms with van der Waals surface area (Å²) in [6.07, 6.45) is 2.27. The predicted molar refractivity (Wildman–Crippen MR) is 80.7 cm³/mol. The van der Waals surface area contributed by atoms with Crippen molar-refractivity contribution in [2.24, 2.45) is 5.92 Å². The maximum absolute atomic E-state index is 12.2. The van der Waals surface area contributed by atoms with Crippen molar-refractivity contribution in [2.45, 2.75) is 32.7 Å². The van der Waals surface area contributed by atoms with Gasteiger partial charge in [-0.05, 0) is 51.1 Å². The van der Waals surface area contributed by atoms with Gasteiger partial charge in [0.1, 0.15) is 0 Å². The zero-order valence-corrected chi connectivity index (χ0v) is 12.9. The minimum Gasteiger partial charge on any atom is -0.338 e. The van der Waals surface area contributed by atoms with Gasteiger partial charge in [0, 0.05) is 25.7 Å². The van der Waals surface area contributed by atoms with Gasteiger partial charge in [-0.25, -0.2) is 0 Å². The molecular formula is C15H24N2OS. The number of likely N-dealkylation sites (tertiary alicyclic amines) is 1. The van der Waals surface area contributed by atoms with Crippen molar-refractivity contribution in [1.29, 1.82) is 0 Å². The van der Waals surface area contributed by atoms with Crippen LogP contribution in [0.1, 0.15) is 36.4 Å². The Labute approximate surface area is 120 Å². The van der Waals surface area contributed by atoms with Crippen molar-refractivity contribution in [1.82, 2.24) is 9.80 Å². The molecule has 2 rings (SSSR count). The minimum absolute atomic E-state index is 0.214. The average molecular weight is 280 g/mol. The number of carbonyl (C=O) groups is 1. The van der Waals surface area contributed by atoms with E-state index in [2.05, 4.69) is 25.8 Å². The summed E-state index contributed by atoms with van der Waals surface area (Å²) >= 11 is 1.54. The van der Waals surface area contributed by atoms with Crippen molar-refractivity contribution in [2.75, 3.05) is 26.7 Å². The molecule has 1 aromatic rings. The van der Waals surface area contributed by atoms with E-state index in [9.17, 15) is 4.79 Å². The molecule has 0 unspecified atom stereocenters. The van der Waals surface area contributed by atoms with Crippen LogP contribution in [0.4, 0.5) is 0 Å². The van der Waals surface area contributed by atoms with E-state index in [1.54, 1.807) is 11.3 Å². The fourth-order valence-corrected chi connectivity index (χ4v) is 3.18. The number of piperidine rings is 1. The highest BCUT2D eigenvalue weighted by Crippen LogP contribution is 2.21. The molecule has 4 heteroatoms. The molecule has 1 aromatic heterocycles. The van der Waals surface area contributed by atoms with Gasteiger partial charge in [-0.2, -0.15) is 0 Å². The van der Waals surface area contributed by atoms with Crippen molar-refractivity contribution in [3.63, 3.8) is 0 Å².